The first-order valence-electron chi connectivity index (χ1n) is 16.2. The first-order valence-corrected chi connectivity index (χ1v) is 16.2. The number of aliphatic hydroxyl groups excluding tert-OH is 1. The minimum Gasteiger partial charge on any atom is -0.397 e. The number of nitrogens with one attached hydrogen (secondary N) is 2. The second-order valence-corrected chi connectivity index (χ2v) is 12.1. The van der Waals surface area contributed by atoms with Crippen LogP contribution in [0.25, 0.3) is 0 Å². The number of nitrogens with zero attached hydrogens (tertiary/aromatic N) is 1. The molecular weight excluding hydrogens is 568 g/mol. The second kappa shape index (κ2) is 16.5. The molecule has 45 heavy (non-hydrogen) atoms. The molecule has 240 valence electrons. The van der Waals surface area contributed by atoms with Gasteiger partial charge in [-0.1, -0.05) is 61.4 Å². The molecule has 3 aromatic carbocycles. The number of nitrogen functional groups attached to an aromatic ring is 1. The summed E-state index contributed by atoms with van der Waals surface area (Å²) in [6, 6.07) is 22.8. The number of amides is 2. The van der Waals surface area contributed by atoms with Crippen molar-refractivity contribution >= 4 is 28.9 Å². The lowest BCUT2D eigenvalue weighted by Gasteiger charge is -2.39. The van der Waals surface area contributed by atoms with Crippen molar-refractivity contribution in [1.29, 1.82) is 0 Å². The number of carbonyl (C=O) groups is 2. The van der Waals surface area contributed by atoms with E-state index in [0.29, 0.717) is 42.7 Å². The average Bonchev–Trinajstić information content (AvgIpc) is 3.06. The SMILES string of the molecule is Nc1ccccc1NC(=O)CCCCCC(=O)Nc1cccc([C@@H]2O[C@H](CN3CCCCC3)C[C@H](c3ccc(CO)cc3)O2)c1. The molecule has 0 spiro atoms. The van der Waals surface area contributed by atoms with Gasteiger partial charge in [-0.25, -0.2) is 0 Å². The molecule has 2 aliphatic heterocycles. The van der Waals surface area contributed by atoms with Crippen LogP contribution in [-0.2, 0) is 25.7 Å². The fourth-order valence-electron chi connectivity index (χ4n) is 6.02. The lowest BCUT2D eigenvalue weighted by molar-refractivity contribution is -0.253. The van der Waals surface area contributed by atoms with E-state index in [1.807, 2.05) is 60.7 Å². The van der Waals surface area contributed by atoms with Gasteiger partial charge in [0, 0.05) is 37.1 Å². The zero-order valence-corrected chi connectivity index (χ0v) is 26.0. The Balaban J connectivity index is 1.13. The Kier molecular flexibility index (Phi) is 12.0. The Morgan fingerprint density at radius 2 is 1.56 bits per heavy atom. The number of aliphatic hydroxyl groups is 1. The Labute approximate surface area is 266 Å². The number of ether oxygens (including phenoxy) is 2. The van der Waals surface area contributed by atoms with E-state index >= 15 is 0 Å². The van der Waals surface area contributed by atoms with Gasteiger partial charge in [-0.05, 0) is 74.2 Å². The molecule has 0 unspecified atom stereocenters. The van der Waals surface area contributed by atoms with Gasteiger partial charge < -0.3 is 35.8 Å². The highest BCUT2D eigenvalue weighted by Gasteiger charge is 2.33. The van der Waals surface area contributed by atoms with Crippen LogP contribution in [0.5, 0.6) is 0 Å². The molecule has 0 saturated carbocycles. The number of unbranched alkanes of at least 4 members (excludes halogenated alkanes) is 2. The number of para-hydroxylation sites is 2. The molecule has 3 aromatic rings. The van der Waals surface area contributed by atoms with Crippen molar-refractivity contribution in [3.63, 3.8) is 0 Å². The number of carbonyl (C=O) groups excluding carboxylic acids is 2. The van der Waals surface area contributed by atoms with Crippen molar-refractivity contribution in [1.82, 2.24) is 4.90 Å². The maximum atomic E-state index is 12.7. The highest BCUT2D eigenvalue weighted by atomic mass is 16.7. The van der Waals surface area contributed by atoms with Gasteiger partial charge in [0.05, 0.1) is 30.2 Å². The third kappa shape index (κ3) is 9.86. The Morgan fingerprint density at radius 1 is 0.822 bits per heavy atom. The average molecular weight is 615 g/mol. The Bertz CT molecular complexity index is 1390. The summed E-state index contributed by atoms with van der Waals surface area (Å²) < 4.78 is 13.0. The van der Waals surface area contributed by atoms with Crippen LogP contribution in [0, 0.1) is 0 Å². The van der Waals surface area contributed by atoms with E-state index < -0.39 is 6.29 Å². The van der Waals surface area contributed by atoms with Crippen LogP contribution >= 0.6 is 0 Å². The van der Waals surface area contributed by atoms with Gasteiger partial charge in [-0.15, -0.1) is 0 Å². The van der Waals surface area contributed by atoms with E-state index in [0.717, 1.165) is 49.2 Å². The quantitative estimate of drug-likeness (QED) is 0.131. The van der Waals surface area contributed by atoms with E-state index in [1.54, 1.807) is 12.1 Å². The molecule has 3 atom stereocenters. The van der Waals surface area contributed by atoms with Crippen LogP contribution in [0.1, 0.15) is 86.9 Å². The normalized spacial score (nSPS) is 20.4. The van der Waals surface area contributed by atoms with E-state index in [9.17, 15) is 14.7 Å². The topological polar surface area (TPSA) is 126 Å². The number of nitrogens with two attached hydrogens (primary N) is 1. The number of piperidine rings is 1. The van der Waals surface area contributed by atoms with Gasteiger partial charge in [0.25, 0.3) is 0 Å². The maximum Gasteiger partial charge on any atom is 0.224 e. The lowest BCUT2D eigenvalue weighted by Crippen LogP contribution is -2.41. The summed E-state index contributed by atoms with van der Waals surface area (Å²) in [5.74, 6) is -0.145. The molecule has 2 amide bonds. The van der Waals surface area contributed by atoms with Crippen LogP contribution in [0.2, 0.25) is 0 Å². The van der Waals surface area contributed by atoms with Gasteiger partial charge in [0.2, 0.25) is 11.8 Å². The Hall–Kier alpha value is -3.76. The lowest BCUT2D eigenvalue weighted by atomic mass is 9.99. The van der Waals surface area contributed by atoms with E-state index in [4.69, 9.17) is 15.2 Å². The predicted octanol–water partition coefficient (Wildman–Crippen LogP) is 6.32. The number of benzene rings is 3. The molecule has 5 N–H and O–H groups in total. The largest absolute Gasteiger partial charge is 0.397 e. The molecular formula is C36H46N4O5. The molecule has 2 fully saturated rings. The number of likely N-dealkylation sites (tertiary alicyclic amines) is 1. The minimum absolute atomic E-state index is 0.00902. The monoisotopic (exact) mass is 614 g/mol. The molecule has 9 nitrogen and oxygen atoms in total. The van der Waals surface area contributed by atoms with Gasteiger partial charge in [0.15, 0.2) is 6.29 Å². The molecule has 2 aliphatic rings. The molecule has 0 bridgehead atoms. The van der Waals surface area contributed by atoms with Crippen molar-refractivity contribution in [3.8, 4) is 0 Å². The highest BCUT2D eigenvalue weighted by molar-refractivity contribution is 5.93. The number of hydrogen-bond acceptors (Lipinski definition) is 7. The number of anilines is 3. The van der Waals surface area contributed by atoms with Gasteiger partial charge in [-0.2, -0.15) is 0 Å². The summed E-state index contributed by atoms with van der Waals surface area (Å²) in [5.41, 5.74) is 10.6. The van der Waals surface area contributed by atoms with Crippen molar-refractivity contribution < 1.29 is 24.2 Å². The molecule has 0 aliphatic carbocycles. The first kappa shape index (κ1) is 32.6. The molecule has 0 aromatic heterocycles. The summed E-state index contributed by atoms with van der Waals surface area (Å²) in [6.07, 6.45) is 6.70. The standard InChI is InChI=1S/C36H46N4O5/c37-31-12-5-6-13-32(31)39-35(43)15-4-1-3-14-34(42)38-29-11-9-10-28(22-29)36-44-30(24-40-20-7-2-8-21-40)23-33(45-36)27-18-16-26(25-41)17-19-27/h5-6,9-13,16-19,22,30,33,36,41H,1-4,7-8,14-15,20-21,23-25,37H2,(H,38,42)(H,39,43)/t30-,33+,36+/m0/s1. The fourth-order valence-corrected chi connectivity index (χ4v) is 6.02. The summed E-state index contributed by atoms with van der Waals surface area (Å²) >= 11 is 0. The summed E-state index contributed by atoms with van der Waals surface area (Å²) in [4.78, 5) is 27.5. The van der Waals surface area contributed by atoms with E-state index in [-0.39, 0.29) is 30.6 Å². The van der Waals surface area contributed by atoms with E-state index in [1.165, 1.54) is 19.3 Å². The van der Waals surface area contributed by atoms with Gasteiger partial charge >= 0.3 is 0 Å². The van der Waals surface area contributed by atoms with Crippen LogP contribution in [0.15, 0.2) is 72.8 Å². The zero-order valence-electron chi connectivity index (χ0n) is 26.0. The van der Waals surface area contributed by atoms with Crippen LogP contribution in [-0.4, -0.2) is 47.6 Å². The van der Waals surface area contributed by atoms with Crippen molar-refractivity contribution in [2.24, 2.45) is 0 Å². The number of hydrogen-bond donors (Lipinski definition) is 4. The van der Waals surface area contributed by atoms with Crippen LogP contribution in [0.3, 0.4) is 0 Å². The molecule has 9 heteroatoms. The maximum absolute atomic E-state index is 12.7. The van der Waals surface area contributed by atoms with Crippen molar-refractivity contribution in [2.45, 2.75) is 82.9 Å². The third-order valence-electron chi connectivity index (χ3n) is 8.51. The molecule has 0 radical (unpaired) electrons. The second-order valence-electron chi connectivity index (χ2n) is 12.1. The zero-order chi connectivity index (χ0) is 31.4. The van der Waals surface area contributed by atoms with E-state index in [2.05, 4.69) is 15.5 Å². The molecule has 2 heterocycles. The molecule has 2 saturated heterocycles. The highest BCUT2D eigenvalue weighted by Crippen LogP contribution is 2.39. The Morgan fingerprint density at radius 3 is 2.29 bits per heavy atom. The van der Waals surface area contributed by atoms with Gasteiger partial charge in [-0.3, -0.25) is 9.59 Å². The smallest absolute Gasteiger partial charge is 0.224 e. The number of rotatable bonds is 13. The third-order valence-corrected chi connectivity index (χ3v) is 8.51. The summed E-state index contributed by atoms with van der Waals surface area (Å²) in [6.45, 7) is 3.07. The predicted molar refractivity (Wildman–Crippen MR) is 176 cm³/mol. The van der Waals surface area contributed by atoms with Gasteiger partial charge in [0.1, 0.15) is 0 Å². The molecule has 5 rings (SSSR count). The fraction of sp³-hybridized carbons (Fsp3) is 0.444. The summed E-state index contributed by atoms with van der Waals surface area (Å²) in [5, 5.41) is 15.3. The minimum atomic E-state index is -0.565. The first-order chi connectivity index (χ1) is 22.0. The van der Waals surface area contributed by atoms with Crippen LogP contribution < -0.4 is 16.4 Å². The van der Waals surface area contributed by atoms with Crippen LogP contribution in [0.4, 0.5) is 17.1 Å². The summed E-state index contributed by atoms with van der Waals surface area (Å²) in [7, 11) is 0. The van der Waals surface area contributed by atoms with Crippen molar-refractivity contribution in [3.05, 3.63) is 89.5 Å². The van der Waals surface area contributed by atoms with Crippen molar-refractivity contribution in [2.75, 3.05) is 36.0 Å².